The number of amides is 1. The predicted octanol–water partition coefficient (Wildman–Crippen LogP) is 3.93. The number of benzene rings is 2. The molecule has 0 fully saturated rings. The molecule has 0 spiro atoms. The van der Waals surface area contributed by atoms with Gasteiger partial charge in [0.1, 0.15) is 17.3 Å². The Morgan fingerprint density at radius 3 is 2.62 bits per heavy atom. The van der Waals surface area contributed by atoms with Crippen LogP contribution < -0.4 is 10.6 Å². The monoisotopic (exact) mass is 354 g/mol. The smallest absolute Gasteiger partial charge is 0.274 e. The van der Waals surface area contributed by atoms with Crippen LogP contribution >= 0.6 is 0 Å². The molecule has 0 bridgehead atoms. The fourth-order valence-corrected chi connectivity index (χ4v) is 2.34. The Bertz CT molecular complexity index is 946. The quantitative estimate of drug-likeness (QED) is 0.729. The minimum Gasteiger partial charge on any atom is -0.350 e. The van der Waals surface area contributed by atoms with Crippen LogP contribution in [0.25, 0.3) is 0 Å². The highest BCUT2D eigenvalue weighted by molar-refractivity contribution is 6.03. The summed E-state index contributed by atoms with van der Waals surface area (Å²) in [5, 5.41) is 5.49. The molecule has 1 amide bonds. The van der Waals surface area contributed by atoms with Crippen molar-refractivity contribution in [1.29, 1.82) is 0 Å². The van der Waals surface area contributed by atoms with Crippen molar-refractivity contribution in [3.05, 3.63) is 83.2 Å². The minimum atomic E-state index is -0.491. The third-order valence-electron chi connectivity index (χ3n) is 3.56. The summed E-state index contributed by atoms with van der Waals surface area (Å²) < 4.78 is 26.9. The molecule has 132 valence electrons. The summed E-state index contributed by atoms with van der Waals surface area (Å²) in [5.74, 6) is -1.07. The van der Waals surface area contributed by atoms with E-state index in [0.29, 0.717) is 16.9 Å². The van der Waals surface area contributed by atoms with Gasteiger partial charge in [-0.1, -0.05) is 24.3 Å². The van der Waals surface area contributed by atoms with Gasteiger partial charge in [-0.05, 0) is 37.3 Å². The lowest BCUT2D eigenvalue weighted by atomic mass is 10.2. The number of rotatable bonds is 5. The van der Waals surface area contributed by atoms with E-state index in [0.717, 1.165) is 0 Å². The van der Waals surface area contributed by atoms with Crippen LogP contribution in [0.5, 0.6) is 0 Å². The van der Waals surface area contributed by atoms with Gasteiger partial charge in [0.25, 0.3) is 5.91 Å². The molecule has 3 aromatic rings. The van der Waals surface area contributed by atoms with Gasteiger partial charge >= 0.3 is 0 Å². The average Bonchev–Trinajstić information content (AvgIpc) is 2.60. The number of carbonyl (C=O) groups excluding carboxylic acids is 1. The summed E-state index contributed by atoms with van der Waals surface area (Å²) in [7, 11) is 0. The Hall–Kier alpha value is -3.35. The fourth-order valence-electron chi connectivity index (χ4n) is 2.34. The fraction of sp³-hybridized carbons (Fsp3) is 0.105. The highest BCUT2D eigenvalue weighted by Crippen LogP contribution is 2.13. The molecule has 0 aliphatic heterocycles. The van der Waals surface area contributed by atoms with E-state index in [9.17, 15) is 13.6 Å². The summed E-state index contributed by atoms with van der Waals surface area (Å²) in [5.41, 5.74) is 1.48. The van der Waals surface area contributed by atoms with Gasteiger partial charge in [-0.25, -0.2) is 18.7 Å². The van der Waals surface area contributed by atoms with Crippen molar-refractivity contribution in [3.63, 3.8) is 0 Å². The number of halogens is 2. The molecule has 2 N–H and O–H groups in total. The Balaban J connectivity index is 1.74. The summed E-state index contributed by atoms with van der Waals surface area (Å²) in [6.45, 7) is 1.90. The summed E-state index contributed by atoms with van der Waals surface area (Å²) in [6, 6.07) is 13.4. The van der Waals surface area contributed by atoms with Crippen molar-refractivity contribution in [2.75, 3.05) is 10.6 Å². The maximum Gasteiger partial charge on any atom is 0.274 e. The van der Waals surface area contributed by atoms with Gasteiger partial charge in [-0.15, -0.1) is 0 Å². The Kier molecular flexibility index (Phi) is 5.17. The standard InChI is InChI=1S/C19H16F2N4O/c1-12-9-17(18(26)24-15-7-4-6-14(20)10-15)25-19(23-12)22-11-13-5-2-3-8-16(13)21/h2-10H,11H2,1H3,(H,24,26)(H,22,23,25). The molecule has 1 heterocycles. The second-order valence-corrected chi connectivity index (χ2v) is 5.63. The van der Waals surface area contributed by atoms with Crippen molar-refractivity contribution in [2.45, 2.75) is 13.5 Å². The van der Waals surface area contributed by atoms with Crippen molar-refractivity contribution in [1.82, 2.24) is 9.97 Å². The van der Waals surface area contributed by atoms with Crippen LogP contribution in [0.3, 0.4) is 0 Å². The molecule has 0 aliphatic carbocycles. The number of aromatic nitrogens is 2. The third kappa shape index (κ3) is 4.38. The van der Waals surface area contributed by atoms with E-state index in [1.165, 1.54) is 30.3 Å². The van der Waals surface area contributed by atoms with Crippen LogP contribution in [-0.2, 0) is 6.54 Å². The number of nitrogens with one attached hydrogen (secondary N) is 2. The topological polar surface area (TPSA) is 66.9 Å². The molecule has 0 radical (unpaired) electrons. The summed E-state index contributed by atoms with van der Waals surface area (Å²) >= 11 is 0. The van der Waals surface area contributed by atoms with Gasteiger partial charge in [0.15, 0.2) is 0 Å². The summed E-state index contributed by atoms with van der Waals surface area (Å²) in [6.07, 6.45) is 0. The highest BCUT2D eigenvalue weighted by atomic mass is 19.1. The third-order valence-corrected chi connectivity index (χ3v) is 3.56. The maximum atomic E-state index is 13.7. The number of hydrogen-bond acceptors (Lipinski definition) is 4. The second-order valence-electron chi connectivity index (χ2n) is 5.63. The molecule has 7 heteroatoms. The van der Waals surface area contributed by atoms with Crippen LogP contribution in [0, 0.1) is 18.6 Å². The van der Waals surface area contributed by atoms with Gasteiger partial charge in [0.05, 0.1) is 0 Å². The first-order chi connectivity index (χ1) is 12.5. The van der Waals surface area contributed by atoms with Gasteiger partial charge in [-0.2, -0.15) is 0 Å². The van der Waals surface area contributed by atoms with Gasteiger partial charge < -0.3 is 10.6 Å². The predicted molar refractivity (Wildman–Crippen MR) is 94.8 cm³/mol. The van der Waals surface area contributed by atoms with Crippen LogP contribution in [0.2, 0.25) is 0 Å². The second kappa shape index (κ2) is 7.69. The normalized spacial score (nSPS) is 10.4. The van der Waals surface area contributed by atoms with E-state index in [-0.39, 0.29) is 24.0 Å². The first kappa shape index (κ1) is 17.5. The average molecular weight is 354 g/mol. The van der Waals surface area contributed by atoms with E-state index >= 15 is 0 Å². The van der Waals surface area contributed by atoms with Crippen molar-refractivity contribution < 1.29 is 13.6 Å². The number of hydrogen-bond donors (Lipinski definition) is 2. The van der Waals surface area contributed by atoms with Gasteiger partial charge in [-0.3, -0.25) is 4.79 Å². The SMILES string of the molecule is Cc1cc(C(=O)Nc2cccc(F)c2)nc(NCc2ccccc2F)n1. The highest BCUT2D eigenvalue weighted by Gasteiger charge is 2.12. The number of anilines is 2. The number of carbonyl (C=O) groups is 1. The molecular weight excluding hydrogens is 338 g/mol. The van der Waals surface area contributed by atoms with E-state index in [2.05, 4.69) is 20.6 Å². The molecule has 2 aromatic carbocycles. The number of aryl methyl sites for hydroxylation is 1. The maximum absolute atomic E-state index is 13.7. The first-order valence-electron chi connectivity index (χ1n) is 7.91. The minimum absolute atomic E-state index is 0.123. The lowest BCUT2D eigenvalue weighted by Crippen LogP contribution is -2.16. The molecule has 3 rings (SSSR count). The zero-order valence-corrected chi connectivity index (χ0v) is 14.0. The van der Waals surface area contributed by atoms with E-state index in [4.69, 9.17) is 0 Å². The molecule has 0 atom stereocenters. The molecule has 0 saturated carbocycles. The molecular formula is C19H16F2N4O. The zero-order chi connectivity index (χ0) is 18.5. The molecule has 0 aliphatic rings. The lowest BCUT2D eigenvalue weighted by Gasteiger charge is -2.09. The van der Waals surface area contributed by atoms with E-state index in [1.807, 2.05) is 0 Å². The zero-order valence-electron chi connectivity index (χ0n) is 14.0. The van der Waals surface area contributed by atoms with Crippen molar-refractivity contribution in [2.24, 2.45) is 0 Å². The van der Waals surface area contributed by atoms with Crippen LogP contribution in [-0.4, -0.2) is 15.9 Å². The van der Waals surface area contributed by atoms with Crippen molar-refractivity contribution in [3.8, 4) is 0 Å². The van der Waals surface area contributed by atoms with E-state index < -0.39 is 11.7 Å². The van der Waals surface area contributed by atoms with E-state index in [1.54, 1.807) is 31.2 Å². The summed E-state index contributed by atoms with van der Waals surface area (Å²) in [4.78, 5) is 20.7. The van der Waals surface area contributed by atoms with Crippen LogP contribution in [0.4, 0.5) is 20.4 Å². The number of nitrogens with zero attached hydrogens (tertiary/aromatic N) is 2. The van der Waals surface area contributed by atoms with Crippen LogP contribution in [0.15, 0.2) is 54.6 Å². The Morgan fingerprint density at radius 1 is 1.04 bits per heavy atom. The van der Waals surface area contributed by atoms with Crippen molar-refractivity contribution >= 4 is 17.5 Å². The molecule has 26 heavy (non-hydrogen) atoms. The Labute approximate surface area is 149 Å². The largest absolute Gasteiger partial charge is 0.350 e. The molecule has 0 saturated heterocycles. The van der Waals surface area contributed by atoms with Gasteiger partial charge in [0.2, 0.25) is 5.95 Å². The molecule has 1 aromatic heterocycles. The Morgan fingerprint density at radius 2 is 1.85 bits per heavy atom. The lowest BCUT2D eigenvalue weighted by molar-refractivity contribution is 0.102. The molecule has 0 unspecified atom stereocenters. The molecule has 5 nitrogen and oxygen atoms in total. The first-order valence-corrected chi connectivity index (χ1v) is 7.91. The van der Waals surface area contributed by atoms with Gasteiger partial charge in [0, 0.05) is 23.5 Å². The van der Waals surface area contributed by atoms with Crippen LogP contribution in [0.1, 0.15) is 21.7 Å².